The van der Waals surface area contributed by atoms with E-state index in [-0.39, 0.29) is 0 Å². The average Bonchev–Trinajstić information content (AvgIpc) is 3.26. The number of hydrogen-bond donors (Lipinski definition) is 0. The highest BCUT2D eigenvalue weighted by Gasteiger charge is 2.45. The van der Waals surface area contributed by atoms with Gasteiger partial charge in [0.2, 0.25) is 0 Å². The van der Waals surface area contributed by atoms with Crippen LogP contribution >= 0.6 is 0 Å². The van der Waals surface area contributed by atoms with Crippen molar-refractivity contribution in [2.24, 2.45) is 11.8 Å². The van der Waals surface area contributed by atoms with Crippen LogP contribution < -0.4 is 0 Å². The first-order valence-corrected chi connectivity index (χ1v) is 7.72. The number of fused-ring (bicyclic) bond motifs is 7. The molecule has 0 aromatic heterocycles. The monoisotopic (exact) mass is 258 g/mol. The van der Waals surface area contributed by atoms with Gasteiger partial charge in [0.25, 0.3) is 0 Å². The fraction of sp³-hybridized carbons (Fsp3) is 0.300. The van der Waals surface area contributed by atoms with Crippen molar-refractivity contribution < 1.29 is 0 Å². The van der Waals surface area contributed by atoms with Crippen molar-refractivity contribution in [3.63, 3.8) is 0 Å². The van der Waals surface area contributed by atoms with Gasteiger partial charge in [0.05, 0.1) is 0 Å². The Bertz CT molecular complexity index is 739. The Kier molecular flexibility index (Phi) is 1.98. The van der Waals surface area contributed by atoms with Gasteiger partial charge >= 0.3 is 0 Å². The summed E-state index contributed by atoms with van der Waals surface area (Å²) in [6, 6.07) is 9.12. The Morgan fingerprint density at radius 2 is 2.00 bits per heavy atom. The predicted octanol–water partition coefficient (Wildman–Crippen LogP) is 5.02. The molecule has 0 bridgehead atoms. The van der Waals surface area contributed by atoms with Crippen LogP contribution in [0.15, 0.2) is 65.3 Å². The minimum Gasteiger partial charge on any atom is -0.0802 e. The van der Waals surface area contributed by atoms with E-state index in [4.69, 9.17) is 0 Å². The molecule has 5 rings (SSSR count). The lowest BCUT2D eigenvalue weighted by Gasteiger charge is -2.35. The maximum atomic E-state index is 2.44. The highest BCUT2D eigenvalue weighted by atomic mass is 14.5. The molecule has 0 nitrogen and oxygen atoms in total. The highest BCUT2D eigenvalue weighted by Crippen LogP contribution is 2.59. The third-order valence-corrected chi connectivity index (χ3v) is 5.40. The SMILES string of the molecule is CC1=CC=C2C3=C(c4ccccc4C2C1)C1CC1C=C3. The van der Waals surface area contributed by atoms with Crippen molar-refractivity contribution in [2.45, 2.75) is 25.7 Å². The maximum Gasteiger partial charge on any atom is 0.0139 e. The first kappa shape index (κ1) is 10.9. The van der Waals surface area contributed by atoms with Crippen LogP contribution in [0.5, 0.6) is 0 Å². The fourth-order valence-electron chi connectivity index (χ4n) is 4.31. The second-order valence-electron chi connectivity index (χ2n) is 6.67. The molecule has 3 atom stereocenters. The summed E-state index contributed by atoms with van der Waals surface area (Å²) in [5.41, 5.74) is 9.34. The number of rotatable bonds is 0. The highest BCUT2D eigenvalue weighted by molar-refractivity contribution is 5.86. The van der Waals surface area contributed by atoms with Gasteiger partial charge in [-0.1, -0.05) is 54.1 Å². The number of hydrogen-bond acceptors (Lipinski definition) is 0. The predicted molar refractivity (Wildman–Crippen MR) is 83.3 cm³/mol. The van der Waals surface area contributed by atoms with Crippen molar-refractivity contribution in [1.82, 2.24) is 0 Å². The summed E-state index contributed by atoms with van der Waals surface area (Å²) < 4.78 is 0. The molecule has 1 aromatic carbocycles. The largest absolute Gasteiger partial charge is 0.0802 e. The topological polar surface area (TPSA) is 0 Å². The first-order valence-electron chi connectivity index (χ1n) is 7.72. The Labute approximate surface area is 120 Å². The molecule has 98 valence electrons. The summed E-state index contributed by atoms with van der Waals surface area (Å²) in [4.78, 5) is 0. The molecule has 1 saturated carbocycles. The molecule has 3 unspecified atom stereocenters. The van der Waals surface area contributed by atoms with Crippen LogP contribution in [0, 0.1) is 11.8 Å². The lowest BCUT2D eigenvalue weighted by molar-refractivity contribution is 0.757. The number of benzene rings is 1. The summed E-state index contributed by atoms with van der Waals surface area (Å²) in [6.07, 6.45) is 12.1. The van der Waals surface area contributed by atoms with E-state index in [9.17, 15) is 0 Å². The van der Waals surface area contributed by atoms with E-state index in [0.717, 1.165) is 11.8 Å². The van der Waals surface area contributed by atoms with E-state index < -0.39 is 0 Å². The van der Waals surface area contributed by atoms with Crippen LogP contribution in [0.3, 0.4) is 0 Å². The van der Waals surface area contributed by atoms with E-state index >= 15 is 0 Å². The molecule has 0 saturated heterocycles. The van der Waals surface area contributed by atoms with Gasteiger partial charge in [0.15, 0.2) is 0 Å². The van der Waals surface area contributed by atoms with Crippen LogP contribution in [-0.4, -0.2) is 0 Å². The molecule has 0 heteroatoms. The van der Waals surface area contributed by atoms with Gasteiger partial charge in [-0.2, -0.15) is 0 Å². The molecule has 4 aliphatic rings. The zero-order chi connectivity index (χ0) is 13.3. The third kappa shape index (κ3) is 1.32. The molecule has 0 spiro atoms. The molecule has 0 N–H and O–H groups in total. The lowest BCUT2D eigenvalue weighted by atomic mass is 9.69. The molecule has 20 heavy (non-hydrogen) atoms. The van der Waals surface area contributed by atoms with Gasteiger partial charge in [-0.15, -0.1) is 0 Å². The average molecular weight is 258 g/mol. The summed E-state index contributed by atoms with van der Waals surface area (Å²) >= 11 is 0. The molecule has 1 aromatic rings. The van der Waals surface area contributed by atoms with Crippen LogP contribution in [0.4, 0.5) is 0 Å². The smallest absolute Gasteiger partial charge is 0.0139 e. The molecule has 0 heterocycles. The second kappa shape index (κ2) is 3.63. The Hall–Kier alpha value is -1.82. The summed E-state index contributed by atoms with van der Waals surface area (Å²) in [7, 11) is 0. The van der Waals surface area contributed by atoms with E-state index in [1.807, 2.05) is 0 Å². The van der Waals surface area contributed by atoms with Crippen molar-refractivity contribution in [3.8, 4) is 0 Å². The summed E-state index contributed by atoms with van der Waals surface area (Å²) in [5, 5.41) is 0. The van der Waals surface area contributed by atoms with Crippen LogP contribution in [0.1, 0.15) is 36.8 Å². The van der Waals surface area contributed by atoms with Crippen molar-refractivity contribution in [1.29, 1.82) is 0 Å². The summed E-state index contributed by atoms with van der Waals surface area (Å²) in [5.74, 6) is 2.19. The maximum absolute atomic E-state index is 2.44. The van der Waals surface area contributed by atoms with Gasteiger partial charge in [-0.05, 0) is 59.4 Å². The van der Waals surface area contributed by atoms with Gasteiger partial charge in [-0.25, -0.2) is 0 Å². The quantitative estimate of drug-likeness (QED) is 0.613. The van der Waals surface area contributed by atoms with E-state index in [2.05, 4.69) is 55.5 Å². The second-order valence-corrected chi connectivity index (χ2v) is 6.67. The van der Waals surface area contributed by atoms with Gasteiger partial charge in [-0.3, -0.25) is 0 Å². The minimum absolute atomic E-state index is 0.579. The molecule has 0 radical (unpaired) electrons. The minimum atomic E-state index is 0.579. The van der Waals surface area contributed by atoms with Crippen LogP contribution in [0.25, 0.3) is 5.57 Å². The number of allylic oxidation sites excluding steroid dienone is 8. The van der Waals surface area contributed by atoms with Crippen molar-refractivity contribution in [2.75, 3.05) is 0 Å². The fourth-order valence-corrected chi connectivity index (χ4v) is 4.31. The molecule has 0 amide bonds. The zero-order valence-corrected chi connectivity index (χ0v) is 11.8. The standard InChI is InChI=1S/C20H18/c1-12-6-8-15-17-9-7-13-11-18(13)20(17)16-5-3-2-4-14(16)19(15)10-12/h2-9,13,18-19H,10-11H2,1H3. The first-order chi connectivity index (χ1) is 9.83. The Morgan fingerprint density at radius 1 is 1.10 bits per heavy atom. The lowest BCUT2D eigenvalue weighted by Crippen LogP contribution is -2.18. The molecule has 1 fully saturated rings. The normalized spacial score (nSPS) is 32.5. The molecular weight excluding hydrogens is 240 g/mol. The van der Waals surface area contributed by atoms with Gasteiger partial charge < -0.3 is 0 Å². The molecular formula is C20H18. The van der Waals surface area contributed by atoms with Crippen molar-refractivity contribution >= 4 is 5.57 Å². The zero-order valence-electron chi connectivity index (χ0n) is 11.8. The van der Waals surface area contributed by atoms with Gasteiger partial charge in [0, 0.05) is 5.92 Å². The van der Waals surface area contributed by atoms with Crippen LogP contribution in [-0.2, 0) is 0 Å². The Balaban J connectivity index is 1.82. The molecule has 0 aliphatic heterocycles. The third-order valence-electron chi connectivity index (χ3n) is 5.40. The van der Waals surface area contributed by atoms with Crippen molar-refractivity contribution in [3.05, 3.63) is 76.4 Å². The van der Waals surface area contributed by atoms with Gasteiger partial charge in [0.1, 0.15) is 0 Å². The van der Waals surface area contributed by atoms with E-state index in [1.54, 1.807) is 16.7 Å². The van der Waals surface area contributed by atoms with E-state index in [1.165, 1.54) is 29.6 Å². The van der Waals surface area contributed by atoms with Crippen LogP contribution in [0.2, 0.25) is 0 Å². The Morgan fingerprint density at radius 3 is 2.95 bits per heavy atom. The summed E-state index contributed by atoms with van der Waals surface area (Å²) in [6.45, 7) is 2.26. The van der Waals surface area contributed by atoms with E-state index in [0.29, 0.717) is 5.92 Å². The molecule has 4 aliphatic carbocycles.